The largest absolute Gasteiger partial charge is 0.497 e. The minimum absolute atomic E-state index is 0.0561. The molecule has 2 aliphatic rings. The molecule has 0 N–H and O–H groups in total. The van der Waals surface area contributed by atoms with E-state index in [2.05, 4.69) is 25.8 Å². The van der Waals surface area contributed by atoms with E-state index in [1.807, 2.05) is 55.5 Å². The molecule has 1 unspecified atom stereocenters. The number of hydrogen-bond acceptors (Lipinski definition) is 9. The molecule has 0 radical (unpaired) electrons. The maximum atomic E-state index is 14.9. The fraction of sp³-hybridized carbons (Fsp3) is 0.250. The van der Waals surface area contributed by atoms with Crippen LogP contribution in [0.15, 0.2) is 96.3 Å². The Bertz CT molecular complexity index is 2130. The lowest BCUT2D eigenvalue weighted by Crippen LogP contribution is -2.58. The Labute approximate surface area is 274 Å². The number of rotatable bonds is 7. The number of anilines is 2. The molecule has 0 bridgehead atoms. The number of nitriles is 1. The van der Waals surface area contributed by atoms with Gasteiger partial charge in [-0.05, 0) is 73.2 Å². The molecule has 238 valence electrons. The van der Waals surface area contributed by atoms with E-state index in [0.29, 0.717) is 60.0 Å². The Morgan fingerprint density at radius 1 is 0.872 bits per heavy atom. The van der Waals surface area contributed by atoms with E-state index in [1.54, 1.807) is 57.1 Å². The predicted molar refractivity (Wildman–Crippen MR) is 181 cm³/mol. The van der Waals surface area contributed by atoms with Gasteiger partial charge in [0.15, 0.2) is 0 Å². The number of piperazine rings is 1. The molecule has 5 aromatic rings. The van der Waals surface area contributed by atoms with E-state index in [4.69, 9.17) is 9.47 Å². The molecule has 2 aromatic heterocycles. The van der Waals surface area contributed by atoms with Crippen molar-refractivity contribution in [3.8, 4) is 17.6 Å². The van der Waals surface area contributed by atoms with E-state index in [1.165, 1.54) is 4.31 Å². The fourth-order valence-corrected chi connectivity index (χ4v) is 8.74. The summed E-state index contributed by atoms with van der Waals surface area (Å²) < 4.78 is 43.0. The number of fused-ring (bicyclic) bond motifs is 2. The molecule has 11 heteroatoms. The first-order chi connectivity index (χ1) is 22.8. The van der Waals surface area contributed by atoms with Crippen molar-refractivity contribution in [2.45, 2.75) is 17.4 Å². The van der Waals surface area contributed by atoms with Crippen LogP contribution in [0, 0.1) is 18.3 Å². The molecule has 0 spiro atoms. The van der Waals surface area contributed by atoms with Gasteiger partial charge in [0.25, 0.3) is 10.0 Å². The SMILES string of the molecule is COc1ccc(OC)c(C2(N3CCN(c4ccncc4)CC3)CN(S(=O)(=O)c3cccc4c(C)ccnc34)c3ccc(C#N)cc32)c1. The minimum atomic E-state index is -4.15. The van der Waals surface area contributed by atoms with Crippen LogP contribution in [0.25, 0.3) is 10.9 Å². The lowest BCUT2D eigenvalue weighted by Gasteiger charge is -2.47. The molecule has 0 saturated carbocycles. The highest BCUT2D eigenvalue weighted by atomic mass is 32.2. The number of methoxy groups -OCH3 is 2. The van der Waals surface area contributed by atoms with Gasteiger partial charge < -0.3 is 14.4 Å². The number of sulfonamides is 1. The number of nitrogens with zero attached hydrogens (tertiary/aromatic N) is 6. The summed E-state index contributed by atoms with van der Waals surface area (Å²) in [6.07, 6.45) is 5.21. The lowest BCUT2D eigenvalue weighted by atomic mass is 9.81. The molecule has 7 rings (SSSR count). The number of aryl methyl sites for hydroxylation is 1. The third-order valence-electron chi connectivity index (χ3n) is 9.43. The molecule has 10 nitrogen and oxygen atoms in total. The van der Waals surface area contributed by atoms with Crippen molar-refractivity contribution in [3.05, 3.63) is 114 Å². The summed E-state index contributed by atoms with van der Waals surface area (Å²) in [4.78, 5) is 13.5. The van der Waals surface area contributed by atoms with Gasteiger partial charge in [-0.25, -0.2) is 8.42 Å². The summed E-state index contributed by atoms with van der Waals surface area (Å²) in [5.41, 5.74) is 3.84. The van der Waals surface area contributed by atoms with Gasteiger partial charge in [0.05, 0.1) is 49.1 Å². The number of hydrogen-bond donors (Lipinski definition) is 0. The highest BCUT2D eigenvalue weighted by molar-refractivity contribution is 7.93. The second-order valence-electron chi connectivity index (χ2n) is 11.7. The van der Waals surface area contributed by atoms with Crippen LogP contribution >= 0.6 is 0 Å². The van der Waals surface area contributed by atoms with E-state index >= 15 is 0 Å². The van der Waals surface area contributed by atoms with E-state index in [9.17, 15) is 13.7 Å². The van der Waals surface area contributed by atoms with Gasteiger partial charge in [-0.1, -0.05) is 12.1 Å². The summed E-state index contributed by atoms with van der Waals surface area (Å²) in [7, 11) is -0.933. The first-order valence-corrected chi connectivity index (χ1v) is 16.8. The van der Waals surface area contributed by atoms with Crippen LogP contribution in [0.2, 0.25) is 0 Å². The molecule has 1 atom stereocenters. The summed E-state index contributed by atoms with van der Waals surface area (Å²) >= 11 is 0. The van der Waals surface area contributed by atoms with Gasteiger partial charge in [0.2, 0.25) is 0 Å². The summed E-state index contributed by atoms with van der Waals surface area (Å²) in [5.74, 6) is 1.21. The monoisotopic (exact) mass is 646 g/mol. The van der Waals surface area contributed by atoms with Gasteiger partial charge in [0.1, 0.15) is 16.4 Å². The summed E-state index contributed by atoms with van der Waals surface area (Å²) in [5, 5.41) is 10.8. The highest BCUT2D eigenvalue weighted by Crippen LogP contribution is 2.53. The number of para-hydroxylation sites is 1. The van der Waals surface area contributed by atoms with Gasteiger partial charge >= 0.3 is 0 Å². The average molecular weight is 647 g/mol. The standard InChI is InChI=1S/C36H34N6O4S/c1-25-11-16-39-35-29(25)5-4-6-34(35)47(43,44)42-24-36(30-21-26(23-37)7-9-32(30)42,31-22-28(45-2)8-10-33(31)46-3)41-19-17-40(18-20-41)27-12-14-38-15-13-27/h4-16,21-22H,17-20,24H2,1-3H3. The zero-order valence-corrected chi connectivity index (χ0v) is 27.2. The zero-order chi connectivity index (χ0) is 32.8. The number of ether oxygens (including phenoxy) is 2. The van der Waals surface area contributed by atoms with Crippen LogP contribution in [0.3, 0.4) is 0 Å². The number of aromatic nitrogens is 2. The summed E-state index contributed by atoms with van der Waals surface area (Å²) in [6, 6.07) is 24.3. The van der Waals surface area contributed by atoms with Gasteiger partial charge in [-0.2, -0.15) is 5.26 Å². The third-order valence-corrected chi connectivity index (χ3v) is 11.2. The van der Waals surface area contributed by atoms with Crippen molar-refractivity contribution in [2.75, 3.05) is 56.1 Å². The van der Waals surface area contributed by atoms with Crippen molar-refractivity contribution in [3.63, 3.8) is 0 Å². The Hall–Kier alpha value is -5.18. The Kier molecular flexibility index (Phi) is 7.70. The van der Waals surface area contributed by atoms with Crippen LogP contribution in [-0.2, 0) is 15.6 Å². The second kappa shape index (κ2) is 11.9. The molecule has 4 heterocycles. The smallest absolute Gasteiger partial charge is 0.266 e. The lowest BCUT2D eigenvalue weighted by molar-refractivity contribution is 0.125. The van der Waals surface area contributed by atoms with Gasteiger partial charge in [-0.15, -0.1) is 0 Å². The highest BCUT2D eigenvalue weighted by Gasteiger charge is 2.54. The van der Waals surface area contributed by atoms with Crippen LogP contribution in [0.5, 0.6) is 11.5 Å². The Balaban J connectivity index is 1.44. The normalized spacial score (nSPS) is 18.2. The fourth-order valence-electron chi connectivity index (χ4n) is 7.07. The second-order valence-corrected chi connectivity index (χ2v) is 13.6. The molecular formula is C36H34N6O4S. The van der Waals surface area contributed by atoms with Gasteiger partial charge in [-0.3, -0.25) is 19.2 Å². The van der Waals surface area contributed by atoms with Crippen LogP contribution in [0.1, 0.15) is 22.3 Å². The average Bonchev–Trinajstić information content (AvgIpc) is 3.48. The number of benzene rings is 3. The summed E-state index contributed by atoms with van der Waals surface area (Å²) in [6.45, 7) is 4.63. The molecule has 1 saturated heterocycles. The van der Waals surface area contributed by atoms with Crippen LogP contribution in [-0.4, -0.2) is 70.2 Å². The van der Waals surface area contributed by atoms with Crippen molar-refractivity contribution in [2.24, 2.45) is 0 Å². The molecule has 1 fully saturated rings. The molecule has 0 aliphatic carbocycles. The first kappa shape index (κ1) is 30.5. The van der Waals surface area contributed by atoms with Crippen molar-refractivity contribution >= 4 is 32.3 Å². The van der Waals surface area contributed by atoms with Crippen molar-refractivity contribution in [1.29, 1.82) is 5.26 Å². The third kappa shape index (κ3) is 4.92. The Morgan fingerprint density at radius 3 is 2.38 bits per heavy atom. The molecule has 2 aliphatic heterocycles. The molecule has 3 aromatic carbocycles. The topological polar surface area (TPSA) is 112 Å². The van der Waals surface area contributed by atoms with Crippen LogP contribution < -0.4 is 18.7 Å². The van der Waals surface area contributed by atoms with E-state index < -0.39 is 15.6 Å². The Morgan fingerprint density at radius 2 is 1.66 bits per heavy atom. The maximum absolute atomic E-state index is 14.9. The number of pyridine rings is 2. The van der Waals surface area contributed by atoms with E-state index in [0.717, 1.165) is 22.2 Å². The minimum Gasteiger partial charge on any atom is -0.497 e. The first-order valence-electron chi connectivity index (χ1n) is 15.4. The zero-order valence-electron chi connectivity index (χ0n) is 26.4. The molecule has 47 heavy (non-hydrogen) atoms. The van der Waals surface area contributed by atoms with Gasteiger partial charge in [0, 0.05) is 67.0 Å². The predicted octanol–water partition coefficient (Wildman–Crippen LogP) is 5.10. The quantitative estimate of drug-likeness (QED) is 0.238. The molecule has 0 amide bonds. The van der Waals surface area contributed by atoms with Crippen LogP contribution in [0.4, 0.5) is 11.4 Å². The molecular weight excluding hydrogens is 613 g/mol. The van der Waals surface area contributed by atoms with Crippen molar-refractivity contribution in [1.82, 2.24) is 14.9 Å². The van der Waals surface area contributed by atoms with Crippen molar-refractivity contribution < 1.29 is 17.9 Å². The van der Waals surface area contributed by atoms with E-state index in [-0.39, 0.29) is 11.4 Å². The maximum Gasteiger partial charge on any atom is 0.266 e.